The van der Waals surface area contributed by atoms with E-state index in [0.29, 0.717) is 25.1 Å². The van der Waals surface area contributed by atoms with Crippen LogP contribution in [0.2, 0.25) is 0 Å². The van der Waals surface area contributed by atoms with E-state index in [1.54, 1.807) is 12.4 Å². The minimum atomic E-state index is -6.35. The fraction of sp³-hybridized carbons (Fsp3) is 0.357. The lowest BCUT2D eigenvalue weighted by Crippen LogP contribution is -2.54. The molecule has 5 rings (SSSR count). The Morgan fingerprint density at radius 2 is 1.45 bits per heavy atom. The summed E-state index contributed by atoms with van der Waals surface area (Å²) < 4.78 is 134. The van der Waals surface area contributed by atoms with Gasteiger partial charge in [-0.15, -0.1) is 0 Å². The minimum absolute atomic E-state index is 0.223. The molecule has 1 amide bonds. The van der Waals surface area contributed by atoms with Crippen molar-refractivity contribution < 1.29 is 48.3 Å². The van der Waals surface area contributed by atoms with Crippen LogP contribution in [-0.4, -0.2) is 43.1 Å². The Bertz CT molecular complexity index is 1580. The Balaban J connectivity index is 1.50. The first kappa shape index (κ1) is 29.9. The lowest BCUT2D eigenvalue weighted by Gasteiger charge is -2.48. The highest BCUT2D eigenvalue weighted by Crippen LogP contribution is 2.56. The standard InChI is InChI=1S/C28H22F8N2O3S/c29-22-5-7-23(8-6-22)42(40,41)25(20-1-3-21(4-2-20)26(30,27(31,32)33)28(34,35)36)13-18(14-25)24(39)38-12-10-17-9-11-37-15-19(17)16-38/h1-9,11,15,18H,10,12-14,16H2/t18-,25+. The summed E-state index contributed by atoms with van der Waals surface area (Å²) in [6, 6.07) is 7.45. The van der Waals surface area contributed by atoms with Gasteiger partial charge in [-0.1, -0.05) is 24.3 Å². The minimum Gasteiger partial charge on any atom is -0.338 e. The molecule has 0 unspecified atom stereocenters. The van der Waals surface area contributed by atoms with Crippen molar-refractivity contribution in [3.05, 3.63) is 95.1 Å². The molecule has 2 heterocycles. The third kappa shape index (κ3) is 4.63. The number of alkyl halides is 7. The van der Waals surface area contributed by atoms with Crippen LogP contribution in [0.4, 0.5) is 35.1 Å². The molecular weight excluding hydrogens is 596 g/mol. The number of carbonyl (C=O) groups excluding carboxylic acids is 1. The van der Waals surface area contributed by atoms with E-state index in [1.807, 2.05) is 6.07 Å². The first-order valence-electron chi connectivity index (χ1n) is 12.7. The number of hydrogen-bond acceptors (Lipinski definition) is 4. The van der Waals surface area contributed by atoms with E-state index < -0.39 is 49.9 Å². The van der Waals surface area contributed by atoms with E-state index in [4.69, 9.17) is 0 Å². The third-order valence-corrected chi connectivity index (χ3v) is 10.5. The first-order chi connectivity index (χ1) is 19.5. The number of benzene rings is 2. The van der Waals surface area contributed by atoms with Crippen LogP contribution >= 0.6 is 0 Å². The van der Waals surface area contributed by atoms with E-state index in [2.05, 4.69) is 4.98 Å². The number of pyridine rings is 1. The fourth-order valence-corrected chi connectivity index (χ4v) is 7.91. The van der Waals surface area contributed by atoms with Gasteiger partial charge < -0.3 is 4.90 Å². The maximum absolute atomic E-state index is 14.6. The molecule has 0 atom stereocenters. The van der Waals surface area contributed by atoms with Gasteiger partial charge in [-0.3, -0.25) is 9.78 Å². The van der Waals surface area contributed by atoms with Gasteiger partial charge in [-0.25, -0.2) is 17.2 Å². The van der Waals surface area contributed by atoms with E-state index in [-0.39, 0.29) is 47.9 Å². The quantitative estimate of drug-likeness (QED) is 0.253. The smallest absolute Gasteiger partial charge is 0.338 e. The number of hydrogen-bond donors (Lipinski definition) is 0. The van der Waals surface area contributed by atoms with Crippen molar-refractivity contribution in [2.75, 3.05) is 6.54 Å². The number of sulfone groups is 1. The van der Waals surface area contributed by atoms with E-state index in [1.165, 1.54) is 4.90 Å². The first-order valence-corrected chi connectivity index (χ1v) is 14.1. The number of amides is 1. The van der Waals surface area contributed by atoms with Crippen molar-refractivity contribution in [3.8, 4) is 0 Å². The van der Waals surface area contributed by atoms with Gasteiger partial charge in [-0.05, 0) is 66.3 Å². The van der Waals surface area contributed by atoms with Gasteiger partial charge in [-0.2, -0.15) is 26.3 Å². The highest BCUT2D eigenvalue weighted by Gasteiger charge is 2.73. The Morgan fingerprint density at radius 3 is 2.02 bits per heavy atom. The molecule has 0 saturated heterocycles. The number of aromatic nitrogens is 1. The van der Waals surface area contributed by atoms with Crippen LogP contribution in [0.1, 0.15) is 35.1 Å². The molecule has 1 aromatic heterocycles. The average Bonchev–Trinajstić information content (AvgIpc) is 2.91. The Kier molecular flexibility index (Phi) is 7.14. The maximum atomic E-state index is 14.6. The van der Waals surface area contributed by atoms with Crippen LogP contribution in [-0.2, 0) is 38.0 Å². The number of nitrogens with zero attached hydrogens (tertiary/aromatic N) is 2. The van der Waals surface area contributed by atoms with Crippen LogP contribution < -0.4 is 0 Å². The number of fused-ring (bicyclic) bond motifs is 1. The average molecular weight is 619 g/mol. The maximum Gasteiger partial charge on any atom is 0.435 e. The number of rotatable bonds is 5. The van der Waals surface area contributed by atoms with Gasteiger partial charge in [0.1, 0.15) is 10.6 Å². The molecule has 224 valence electrons. The SMILES string of the molecule is O=C([C@H]1C[C@@](c2ccc(C(F)(C(F)(F)F)C(F)(F)F)cc2)(S(=O)(=O)c2ccc(F)cc2)C1)N1CCc2ccncc2C1. The molecular formula is C28H22F8N2O3S. The van der Waals surface area contributed by atoms with E-state index >= 15 is 0 Å². The van der Waals surface area contributed by atoms with Crippen molar-refractivity contribution in [1.29, 1.82) is 0 Å². The largest absolute Gasteiger partial charge is 0.435 e. The lowest BCUT2D eigenvalue weighted by atomic mass is 9.69. The topological polar surface area (TPSA) is 67.3 Å². The molecule has 3 aromatic rings. The van der Waals surface area contributed by atoms with Crippen LogP contribution in [0.25, 0.3) is 0 Å². The summed E-state index contributed by atoms with van der Waals surface area (Å²) in [5, 5.41) is 0. The highest BCUT2D eigenvalue weighted by molar-refractivity contribution is 7.92. The summed E-state index contributed by atoms with van der Waals surface area (Å²) >= 11 is 0. The zero-order chi connectivity index (χ0) is 30.7. The molecule has 0 spiro atoms. The van der Waals surface area contributed by atoms with Gasteiger partial charge >= 0.3 is 18.0 Å². The molecule has 0 radical (unpaired) electrons. The van der Waals surface area contributed by atoms with Crippen molar-refractivity contribution in [2.45, 2.75) is 53.5 Å². The molecule has 0 N–H and O–H groups in total. The second kappa shape index (κ2) is 10.0. The Hall–Kier alpha value is -3.55. The van der Waals surface area contributed by atoms with Crippen molar-refractivity contribution >= 4 is 15.7 Å². The second-order valence-electron chi connectivity index (χ2n) is 10.4. The predicted octanol–water partition coefficient (Wildman–Crippen LogP) is 6.17. The summed E-state index contributed by atoms with van der Waals surface area (Å²) in [4.78, 5) is 18.6. The number of halogens is 8. The zero-order valence-electron chi connectivity index (χ0n) is 21.5. The van der Waals surface area contributed by atoms with Gasteiger partial charge in [0.15, 0.2) is 9.84 Å². The summed E-state index contributed by atoms with van der Waals surface area (Å²) in [6.45, 7) is 0.588. The van der Waals surface area contributed by atoms with Crippen LogP contribution in [0.5, 0.6) is 0 Å². The Morgan fingerprint density at radius 1 is 0.857 bits per heavy atom. The molecule has 1 aliphatic carbocycles. The second-order valence-corrected chi connectivity index (χ2v) is 12.7. The van der Waals surface area contributed by atoms with Crippen molar-refractivity contribution in [3.63, 3.8) is 0 Å². The third-order valence-electron chi connectivity index (χ3n) is 8.06. The molecule has 1 saturated carbocycles. The monoisotopic (exact) mass is 618 g/mol. The van der Waals surface area contributed by atoms with Crippen molar-refractivity contribution in [2.24, 2.45) is 5.92 Å². The highest BCUT2D eigenvalue weighted by atomic mass is 32.2. The van der Waals surface area contributed by atoms with E-state index in [9.17, 15) is 48.3 Å². The molecule has 2 aromatic carbocycles. The fourth-order valence-electron chi connectivity index (χ4n) is 5.68. The van der Waals surface area contributed by atoms with E-state index in [0.717, 1.165) is 35.4 Å². The van der Waals surface area contributed by atoms with Gasteiger partial charge in [0.25, 0.3) is 0 Å². The van der Waals surface area contributed by atoms with Gasteiger partial charge in [0, 0.05) is 37.0 Å². The summed E-state index contributed by atoms with van der Waals surface area (Å²) in [7, 11) is -4.47. The zero-order valence-corrected chi connectivity index (χ0v) is 22.3. The lowest BCUT2D eigenvalue weighted by molar-refractivity contribution is -0.348. The van der Waals surface area contributed by atoms with Crippen molar-refractivity contribution in [1.82, 2.24) is 9.88 Å². The Labute approximate surface area is 235 Å². The molecule has 1 aliphatic heterocycles. The molecule has 5 nitrogen and oxygen atoms in total. The summed E-state index contributed by atoms with van der Waals surface area (Å²) in [5.41, 5.74) is -5.86. The summed E-state index contributed by atoms with van der Waals surface area (Å²) in [6.07, 6.45) is -9.60. The number of carbonyl (C=O) groups is 1. The molecule has 1 fully saturated rings. The van der Waals surface area contributed by atoms with Gasteiger partial charge in [0.05, 0.1) is 4.90 Å². The normalized spacial score (nSPS) is 21.4. The molecule has 42 heavy (non-hydrogen) atoms. The van der Waals surface area contributed by atoms with Crippen LogP contribution in [0, 0.1) is 11.7 Å². The molecule has 0 bridgehead atoms. The molecule has 14 heteroatoms. The van der Waals surface area contributed by atoms with Crippen LogP contribution in [0.15, 0.2) is 71.9 Å². The van der Waals surface area contributed by atoms with Gasteiger partial charge in [0.2, 0.25) is 5.91 Å². The van der Waals surface area contributed by atoms with Crippen LogP contribution in [0.3, 0.4) is 0 Å². The molecule has 2 aliphatic rings. The predicted molar refractivity (Wildman–Crippen MR) is 133 cm³/mol. The summed E-state index contributed by atoms with van der Waals surface area (Å²) in [5.74, 6) is -1.96.